The molecule has 0 radical (unpaired) electrons. The van der Waals surface area contributed by atoms with Crippen LogP contribution in [-0.2, 0) is 0 Å². The van der Waals surface area contributed by atoms with Crippen LogP contribution in [-0.4, -0.2) is 4.98 Å². The standard InChI is InChI=1S/C12H7Br2NO/c1-6-2-7(13)3-9-10-4-8(14)5-15-12(10)16-11(6)9/h2-5H,1H3. The zero-order chi connectivity index (χ0) is 11.3. The van der Waals surface area contributed by atoms with Gasteiger partial charge in [-0.25, -0.2) is 4.98 Å². The Bertz CT molecular complexity index is 703. The van der Waals surface area contributed by atoms with E-state index in [9.17, 15) is 0 Å². The fraction of sp³-hybridized carbons (Fsp3) is 0.0833. The SMILES string of the molecule is Cc1cc(Br)cc2c1oc1ncc(Br)cc12. The predicted octanol–water partition coefficient (Wildman–Crippen LogP) is 4.81. The summed E-state index contributed by atoms with van der Waals surface area (Å²) in [4.78, 5) is 4.26. The van der Waals surface area contributed by atoms with E-state index in [4.69, 9.17) is 4.42 Å². The van der Waals surface area contributed by atoms with Crippen molar-refractivity contribution in [2.45, 2.75) is 6.92 Å². The molecule has 80 valence electrons. The molecule has 0 atom stereocenters. The lowest BCUT2D eigenvalue weighted by Crippen LogP contribution is -1.74. The van der Waals surface area contributed by atoms with Crippen LogP contribution in [0.1, 0.15) is 5.56 Å². The highest BCUT2D eigenvalue weighted by atomic mass is 79.9. The van der Waals surface area contributed by atoms with Gasteiger partial charge in [0.05, 0.1) is 0 Å². The third kappa shape index (κ3) is 1.48. The molecule has 0 spiro atoms. The number of halogens is 2. The third-order valence-corrected chi connectivity index (χ3v) is 3.44. The number of fused-ring (bicyclic) bond motifs is 3. The Balaban J connectivity index is 2.57. The molecular weight excluding hydrogens is 334 g/mol. The van der Waals surface area contributed by atoms with Crippen molar-refractivity contribution in [3.05, 3.63) is 38.9 Å². The Labute approximate surface area is 109 Å². The van der Waals surface area contributed by atoms with Crippen LogP contribution < -0.4 is 0 Å². The van der Waals surface area contributed by atoms with Crippen LogP contribution in [0.3, 0.4) is 0 Å². The van der Waals surface area contributed by atoms with Crippen LogP contribution in [0.2, 0.25) is 0 Å². The van der Waals surface area contributed by atoms with Crippen LogP contribution in [0.15, 0.2) is 37.8 Å². The van der Waals surface area contributed by atoms with Gasteiger partial charge in [-0.05, 0) is 46.6 Å². The molecule has 3 aromatic rings. The molecule has 4 heteroatoms. The first-order valence-electron chi connectivity index (χ1n) is 4.79. The number of hydrogen-bond donors (Lipinski definition) is 0. The summed E-state index contributed by atoms with van der Waals surface area (Å²) in [6.07, 6.45) is 1.75. The molecule has 16 heavy (non-hydrogen) atoms. The van der Waals surface area contributed by atoms with Gasteiger partial charge in [0.15, 0.2) is 0 Å². The lowest BCUT2D eigenvalue weighted by atomic mass is 10.1. The first-order valence-corrected chi connectivity index (χ1v) is 6.37. The van der Waals surface area contributed by atoms with Gasteiger partial charge in [0.25, 0.3) is 0 Å². The van der Waals surface area contributed by atoms with Gasteiger partial charge in [-0.15, -0.1) is 0 Å². The van der Waals surface area contributed by atoms with Gasteiger partial charge in [0, 0.05) is 25.9 Å². The van der Waals surface area contributed by atoms with Crippen molar-refractivity contribution in [2.75, 3.05) is 0 Å². The van der Waals surface area contributed by atoms with E-state index in [-0.39, 0.29) is 0 Å². The van der Waals surface area contributed by atoms with E-state index in [0.29, 0.717) is 5.71 Å². The fourth-order valence-electron chi connectivity index (χ4n) is 1.86. The maximum Gasteiger partial charge on any atom is 0.227 e. The molecule has 0 amide bonds. The number of rotatable bonds is 0. The van der Waals surface area contributed by atoms with Crippen molar-refractivity contribution in [2.24, 2.45) is 0 Å². The molecule has 0 saturated heterocycles. The summed E-state index contributed by atoms with van der Waals surface area (Å²) in [6, 6.07) is 6.13. The van der Waals surface area contributed by atoms with E-state index < -0.39 is 0 Å². The Morgan fingerprint density at radius 1 is 1.06 bits per heavy atom. The summed E-state index contributed by atoms with van der Waals surface area (Å²) in [6.45, 7) is 2.03. The first kappa shape index (κ1) is 10.3. The molecule has 2 heterocycles. The molecule has 0 saturated carbocycles. The van der Waals surface area contributed by atoms with E-state index in [0.717, 1.165) is 30.9 Å². The van der Waals surface area contributed by atoms with Crippen LogP contribution in [0, 0.1) is 6.92 Å². The number of nitrogens with zero attached hydrogens (tertiary/aromatic N) is 1. The summed E-state index contributed by atoms with van der Waals surface area (Å²) < 4.78 is 7.75. The lowest BCUT2D eigenvalue weighted by molar-refractivity contribution is 0.651. The highest BCUT2D eigenvalue weighted by Crippen LogP contribution is 2.33. The van der Waals surface area contributed by atoms with Crippen molar-refractivity contribution in [1.29, 1.82) is 0 Å². The second-order valence-corrected chi connectivity index (χ2v) is 5.54. The monoisotopic (exact) mass is 339 g/mol. The molecule has 1 aromatic carbocycles. The molecule has 2 aromatic heterocycles. The van der Waals surface area contributed by atoms with Gasteiger partial charge in [-0.3, -0.25) is 0 Å². The molecule has 0 bridgehead atoms. The number of pyridine rings is 1. The minimum absolute atomic E-state index is 0.680. The van der Waals surface area contributed by atoms with Crippen molar-refractivity contribution < 1.29 is 4.42 Å². The van der Waals surface area contributed by atoms with Crippen LogP contribution >= 0.6 is 31.9 Å². The second-order valence-electron chi connectivity index (χ2n) is 3.71. The molecule has 0 unspecified atom stereocenters. The molecule has 0 aliphatic heterocycles. The number of aryl methyl sites for hydroxylation is 1. The van der Waals surface area contributed by atoms with Gasteiger partial charge in [-0.1, -0.05) is 15.9 Å². The zero-order valence-corrected chi connectivity index (χ0v) is 11.6. The van der Waals surface area contributed by atoms with E-state index in [1.807, 2.05) is 19.1 Å². The Morgan fingerprint density at radius 2 is 1.81 bits per heavy atom. The minimum atomic E-state index is 0.680. The maximum absolute atomic E-state index is 5.74. The van der Waals surface area contributed by atoms with Crippen molar-refractivity contribution in [3.8, 4) is 0 Å². The first-order chi connectivity index (χ1) is 7.65. The average molecular weight is 341 g/mol. The number of furan rings is 1. The van der Waals surface area contributed by atoms with Gasteiger partial charge in [0.1, 0.15) is 5.58 Å². The number of aromatic nitrogens is 1. The minimum Gasteiger partial charge on any atom is -0.437 e. The average Bonchev–Trinajstić information content (AvgIpc) is 2.57. The highest BCUT2D eigenvalue weighted by Gasteiger charge is 2.11. The summed E-state index contributed by atoms with van der Waals surface area (Å²) in [5.41, 5.74) is 2.70. The smallest absolute Gasteiger partial charge is 0.227 e. The largest absolute Gasteiger partial charge is 0.437 e. The van der Waals surface area contributed by atoms with Gasteiger partial charge < -0.3 is 4.42 Å². The van der Waals surface area contributed by atoms with Gasteiger partial charge >= 0.3 is 0 Å². The number of benzene rings is 1. The maximum atomic E-state index is 5.74. The Hall–Kier alpha value is -0.870. The second kappa shape index (κ2) is 3.57. The third-order valence-electron chi connectivity index (χ3n) is 2.55. The molecule has 0 N–H and O–H groups in total. The lowest BCUT2D eigenvalue weighted by Gasteiger charge is -1.95. The molecule has 0 aliphatic carbocycles. The van der Waals surface area contributed by atoms with Crippen molar-refractivity contribution in [3.63, 3.8) is 0 Å². The van der Waals surface area contributed by atoms with E-state index in [2.05, 4.69) is 42.9 Å². The van der Waals surface area contributed by atoms with Crippen molar-refractivity contribution in [1.82, 2.24) is 4.98 Å². The van der Waals surface area contributed by atoms with Crippen LogP contribution in [0.5, 0.6) is 0 Å². The summed E-state index contributed by atoms with van der Waals surface area (Å²) >= 11 is 6.92. The molecule has 2 nitrogen and oxygen atoms in total. The highest BCUT2D eigenvalue weighted by molar-refractivity contribution is 9.10. The molecular formula is C12H7Br2NO. The Morgan fingerprint density at radius 3 is 2.62 bits per heavy atom. The van der Waals surface area contributed by atoms with E-state index in [1.165, 1.54) is 0 Å². The van der Waals surface area contributed by atoms with Crippen molar-refractivity contribution >= 4 is 53.9 Å². The van der Waals surface area contributed by atoms with E-state index in [1.54, 1.807) is 6.20 Å². The molecule has 3 rings (SSSR count). The van der Waals surface area contributed by atoms with Gasteiger partial charge in [-0.2, -0.15) is 0 Å². The Kier molecular flexibility index (Phi) is 2.30. The quantitative estimate of drug-likeness (QED) is 0.586. The zero-order valence-electron chi connectivity index (χ0n) is 8.42. The predicted molar refractivity (Wildman–Crippen MR) is 71.7 cm³/mol. The van der Waals surface area contributed by atoms with Gasteiger partial charge in [0.2, 0.25) is 5.71 Å². The normalized spacial score (nSPS) is 11.4. The van der Waals surface area contributed by atoms with E-state index >= 15 is 0 Å². The van der Waals surface area contributed by atoms with Crippen LogP contribution in [0.25, 0.3) is 22.1 Å². The molecule has 0 aliphatic rings. The molecule has 0 fully saturated rings. The summed E-state index contributed by atoms with van der Waals surface area (Å²) in [5, 5.41) is 2.13. The number of hydrogen-bond acceptors (Lipinski definition) is 2. The van der Waals surface area contributed by atoms with Crippen LogP contribution in [0.4, 0.5) is 0 Å². The summed E-state index contributed by atoms with van der Waals surface area (Å²) in [7, 11) is 0. The fourth-order valence-corrected chi connectivity index (χ4v) is 2.77. The topological polar surface area (TPSA) is 26.0 Å². The summed E-state index contributed by atoms with van der Waals surface area (Å²) in [5.74, 6) is 0.